The summed E-state index contributed by atoms with van der Waals surface area (Å²) in [5, 5.41) is 27.9. The summed E-state index contributed by atoms with van der Waals surface area (Å²) in [5.41, 5.74) is 20.5. The van der Waals surface area contributed by atoms with Gasteiger partial charge in [-0.15, -0.1) is 0 Å². The molecule has 4 aromatic heterocycles. The fraction of sp³-hybridized carbons (Fsp3) is 0.424. The molecule has 576 valence electrons. The standard InChI is InChI=1S/C24H25FN2O3.C23H25FN2O2.C23H25FN2O.C22H23FN2O/c1-23-13-17-14-26-27(20-7-5-19(25)6-8-20)21(17)12-18(23)4-3-10-24(23)11-9-16(15-30-24)22(28)29-2;1-22-12-17-13-25-26(20-6-4-19(24)5-7-20)21(17)11-18(22)3-2-9-23(22)10-8-16(14-27)15-28-23;1-16-9-11-23(27-15-16)10-3-4-18-12-21-17(13-22(18,23)2)14-25-26(21)20-7-5-19(24)6-8-20;1-21-14-16-15-24-25(19-8-6-18(23)7-9-19)20(16)13-17(21)5-4-11-22(21)10-2-3-12-26-22/h5-9,12,14H,3-4,10-11,13,15H2,1-2H3;4-8,11,13,27H,2-3,9-10,12,14-15H2,1H3;5-9,12,14H,3-4,10-11,13,15H2,1-2H3;2-3,6-9,13,15H,4-5,10-12,14H2,1H3/t23-,24+;2*22-,23+;21-,22-/m0000/s1. The van der Waals surface area contributed by atoms with Gasteiger partial charge in [0, 0.05) is 21.7 Å². The van der Waals surface area contributed by atoms with E-state index in [1.165, 1.54) is 100 Å². The van der Waals surface area contributed by atoms with E-state index in [2.05, 4.69) is 104 Å². The van der Waals surface area contributed by atoms with Gasteiger partial charge in [-0.05, 0) is 285 Å². The molecule has 4 fully saturated rings. The van der Waals surface area contributed by atoms with Gasteiger partial charge in [0.15, 0.2) is 0 Å². The molecule has 0 unspecified atom stereocenters. The van der Waals surface area contributed by atoms with Gasteiger partial charge < -0.3 is 28.8 Å². The van der Waals surface area contributed by atoms with E-state index in [1.807, 2.05) is 49.6 Å². The molecule has 1 N–H and O–H groups in total. The molecule has 19 heteroatoms. The molecule has 0 radical (unpaired) electrons. The zero-order chi connectivity index (χ0) is 76.7. The lowest BCUT2D eigenvalue weighted by molar-refractivity contribution is -0.146. The van der Waals surface area contributed by atoms with Gasteiger partial charge in [0.1, 0.15) is 23.3 Å². The van der Waals surface area contributed by atoms with E-state index >= 15 is 0 Å². The molecule has 111 heavy (non-hydrogen) atoms. The Kier molecular flexibility index (Phi) is 19.4. The predicted molar refractivity (Wildman–Crippen MR) is 420 cm³/mol. The molecule has 0 amide bonds. The Hall–Kier alpha value is -9.37. The van der Waals surface area contributed by atoms with E-state index in [0.717, 1.165) is 185 Å². The van der Waals surface area contributed by atoms with Crippen LogP contribution in [0.25, 0.3) is 47.1 Å². The minimum absolute atomic E-state index is 0.00606. The number of aliphatic hydroxyl groups is 1. The molecule has 0 bridgehead atoms. The van der Waals surface area contributed by atoms with Crippen LogP contribution in [0.2, 0.25) is 0 Å². The molecule has 8 aromatic rings. The topological polar surface area (TPSA) is 155 Å². The summed E-state index contributed by atoms with van der Waals surface area (Å²) < 4.78 is 91.7. The predicted octanol–water partition coefficient (Wildman–Crippen LogP) is 18.7. The van der Waals surface area contributed by atoms with E-state index in [1.54, 1.807) is 48.5 Å². The number of halogens is 4. The molecule has 4 saturated carbocycles. The Bertz CT molecular complexity index is 5190. The van der Waals surface area contributed by atoms with E-state index in [-0.39, 0.29) is 86.5 Å². The SMILES string of the molecule is CC1=CC[C@@]2(CCCC3=Cc4c(cnn4-c4ccc(F)cc4)C[C@@]32C)OC1.COC(=O)C1=CC[C@@]2(CCCC3=Cc4c(cnn4-c4ccc(F)cc4)C[C@@]32C)OC1.C[C@]12Cc3cnn(-c4ccc(F)cc4)c3C=C1CCC[C@@]21CC=C(CO)CO1.C[C@]12Cc3cnn(-c4ccc(F)cc4)c3C=C1CCC[C@@]21CC=CCO1. The van der Waals surface area contributed by atoms with Crippen molar-refractivity contribution < 1.29 is 51.1 Å². The smallest absolute Gasteiger partial charge is 0.335 e. The van der Waals surface area contributed by atoms with E-state index in [4.69, 9.17) is 23.7 Å². The molecular formula is C92H98F4N8O7. The monoisotopic (exact) mass is 1500 g/mol. The highest BCUT2D eigenvalue weighted by molar-refractivity contribution is 5.89. The van der Waals surface area contributed by atoms with Gasteiger partial charge in [-0.25, -0.2) is 41.1 Å². The highest BCUT2D eigenvalue weighted by atomic mass is 19.1. The largest absolute Gasteiger partial charge is 0.466 e. The number of nitrogens with zero attached hydrogens (tertiary/aromatic N) is 8. The number of aromatic nitrogens is 8. The van der Waals surface area contributed by atoms with Crippen LogP contribution in [0.5, 0.6) is 0 Å². The number of esters is 1. The maximum absolute atomic E-state index is 13.4. The first kappa shape index (κ1) is 74.4. The average molecular weight is 1500 g/mol. The van der Waals surface area contributed by atoms with Crippen molar-refractivity contribution in [3.05, 3.63) is 260 Å². The highest BCUT2D eigenvalue weighted by Crippen LogP contribution is 2.62. The fourth-order valence-corrected chi connectivity index (χ4v) is 20.9. The molecule has 4 aromatic carbocycles. The van der Waals surface area contributed by atoms with Crippen LogP contribution >= 0.6 is 0 Å². The summed E-state index contributed by atoms with van der Waals surface area (Å²) in [6, 6.07) is 26.0. The van der Waals surface area contributed by atoms with E-state index in [9.17, 15) is 27.5 Å². The van der Waals surface area contributed by atoms with Gasteiger partial charge in [0.05, 0.1) is 138 Å². The molecule has 20 rings (SSSR count). The molecule has 15 nitrogen and oxygen atoms in total. The molecule has 0 saturated heterocycles. The second-order valence-corrected chi connectivity index (χ2v) is 33.6. The Morgan fingerprint density at radius 3 is 1.04 bits per heavy atom. The van der Waals surface area contributed by atoms with Crippen molar-refractivity contribution >= 4 is 30.3 Å². The number of fused-ring (bicyclic) bond motifs is 12. The van der Waals surface area contributed by atoms with Crippen LogP contribution in [0, 0.1) is 44.9 Å². The lowest BCUT2D eigenvalue weighted by Gasteiger charge is -2.55. The molecular weight excluding hydrogens is 1410 g/mol. The number of aliphatic hydroxyl groups excluding tert-OH is 1. The number of hydrogen-bond donors (Lipinski definition) is 1. The van der Waals surface area contributed by atoms with Crippen molar-refractivity contribution in [2.75, 3.05) is 40.1 Å². The van der Waals surface area contributed by atoms with Crippen LogP contribution in [0.15, 0.2) is 191 Å². The van der Waals surface area contributed by atoms with Gasteiger partial charge >= 0.3 is 5.97 Å². The molecule has 8 atom stereocenters. The third-order valence-electron chi connectivity index (χ3n) is 27.7. The van der Waals surface area contributed by atoms with E-state index in [0.29, 0.717) is 25.2 Å². The Morgan fingerprint density at radius 1 is 0.432 bits per heavy atom. The highest BCUT2D eigenvalue weighted by Gasteiger charge is 2.59. The zero-order valence-corrected chi connectivity index (χ0v) is 64.4. The summed E-state index contributed by atoms with van der Waals surface area (Å²) >= 11 is 0. The number of hydrogen-bond acceptors (Lipinski definition) is 11. The average Bonchev–Trinajstić information content (AvgIpc) is 1.72. The third kappa shape index (κ3) is 12.8. The first-order valence-electron chi connectivity index (χ1n) is 39.7. The van der Waals surface area contributed by atoms with Gasteiger partial charge in [0.25, 0.3) is 0 Å². The fourth-order valence-electron chi connectivity index (χ4n) is 20.9. The van der Waals surface area contributed by atoms with Gasteiger partial charge in [-0.2, -0.15) is 20.4 Å². The van der Waals surface area contributed by atoms with Crippen molar-refractivity contribution in [2.24, 2.45) is 21.7 Å². The van der Waals surface area contributed by atoms with Crippen molar-refractivity contribution in [2.45, 2.75) is 185 Å². The van der Waals surface area contributed by atoms with Crippen molar-refractivity contribution in [3.63, 3.8) is 0 Å². The maximum atomic E-state index is 13.4. The number of benzene rings is 4. The maximum Gasteiger partial charge on any atom is 0.335 e. The van der Waals surface area contributed by atoms with Crippen LogP contribution in [0.4, 0.5) is 17.6 Å². The number of carbonyl (C=O) groups is 1. The minimum Gasteiger partial charge on any atom is -0.466 e. The first-order valence-corrected chi connectivity index (χ1v) is 39.7. The van der Waals surface area contributed by atoms with Crippen molar-refractivity contribution in [1.82, 2.24) is 39.1 Å². The minimum atomic E-state index is -0.329. The lowest BCUT2D eigenvalue weighted by Crippen LogP contribution is -2.55. The summed E-state index contributed by atoms with van der Waals surface area (Å²) in [7, 11) is 1.40. The van der Waals surface area contributed by atoms with Crippen molar-refractivity contribution in [3.8, 4) is 22.7 Å². The normalized spacial score (nSPS) is 29.1. The van der Waals surface area contributed by atoms with Crippen LogP contribution in [-0.4, -0.2) is 113 Å². The Balaban J connectivity index is 0.000000108. The van der Waals surface area contributed by atoms with Gasteiger partial charge in [0.2, 0.25) is 0 Å². The quantitative estimate of drug-likeness (QED) is 0.0961. The first-order chi connectivity index (χ1) is 53.6. The number of ether oxygens (including phenoxy) is 5. The second kappa shape index (κ2) is 29.0. The summed E-state index contributed by atoms with van der Waals surface area (Å²) in [6.07, 6.45) is 48.1. The second-order valence-electron chi connectivity index (χ2n) is 33.6. The van der Waals surface area contributed by atoms with Crippen LogP contribution in [0.3, 0.4) is 0 Å². The van der Waals surface area contributed by atoms with Gasteiger partial charge in [-0.1, -0.05) is 85.9 Å². The summed E-state index contributed by atoms with van der Waals surface area (Å²) in [5.74, 6) is -1.26. The Labute approximate surface area is 646 Å². The zero-order valence-electron chi connectivity index (χ0n) is 64.4. The van der Waals surface area contributed by atoms with E-state index < -0.39 is 0 Å². The third-order valence-corrected chi connectivity index (χ3v) is 27.7. The van der Waals surface area contributed by atoms with Crippen LogP contribution in [-0.2, 0) is 54.2 Å². The number of rotatable bonds is 6. The van der Waals surface area contributed by atoms with Gasteiger partial charge in [-0.3, -0.25) is 0 Å². The summed E-state index contributed by atoms with van der Waals surface area (Å²) in [4.78, 5) is 11.9. The Morgan fingerprint density at radius 2 is 0.757 bits per heavy atom. The molecule has 8 aliphatic carbocycles. The number of methoxy groups -OCH3 is 1. The molecule has 8 heterocycles. The van der Waals surface area contributed by atoms with Crippen LogP contribution in [0.1, 0.15) is 182 Å². The summed E-state index contributed by atoms with van der Waals surface area (Å²) in [6.45, 7) is 13.8. The lowest BCUT2D eigenvalue weighted by atomic mass is 9.55. The number of carbonyl (C=O) groups excluding carboxylic acids is 1. The molecule has 4 spiro atoms. The molecule has 12 aliphatic rings. The van der Waals surface area contributed by atoms with Crippen LogP contribution < -0.4 is 0 Å². The van der Waals surface area contributed by atoms with Crippen molar-refractivity contribution in [1.29, 1.82) is 0 Å². The molecule has 4 aliphatic heterocycles.